The van der Waals surface area contributed by atoms with E-state index >= 15 is 0 Å². The smallest absolute Gasteiger partial charge is 0.244 e. The summed E-state index contributed by atoms with van der Waals surface area (Å²) in [5.41, 5.74) is 5.29. The van der Waals surface area contributed by atoms with Crippen LogP contribution in [0.1, 0.15) is 63.1 Å². The first-order valence-corrected chi connectivity index (χ1v) is 16.9. The first-order chi connectivity index (χ1) is 22.5. The molecule has 3 amide bonds. The van der Waals surface area contributed by atoms with Crippen molar-refractivity contribution in [1.82, 2.24) is 20.1 Å². The van der Waals surface area contributed by atoms with Gasteiger partial charge in [-0.25, -0.2) is 4.98 Å². The van der Waals surface area contributed by atoms with Crippen molar-refractivity contribution < 1.29 is 19.5 Å². The van der Waals surface area contributed by atoms with Gasteiger partial charge in [0.2, 0.25) is 17.7 Å². The molecule has 1 unspecified atom stereocenters. The van der Waals surface area contributed by atoms with Crippen LogP contribution in [0.2, 0.25) is 0 Å². The van der Waals surface area contributed by atoms with Gasteiger partial charge < -0.3 is 30.9 Å². The summed E-state index contributed by atoms with van der Waals surface area (Å²) in [6, 6.07) is 9.85. The summed E-state index contributed by atoms with van der Waals surface area (Å²) in [5.74, 6) is 0.294. The van der Waals surface area contributed by atoms with Crippen molar-refractivity contribution in [2.24, 2.45) is 11.3 Å². The predicted octanol–water partition coefficient (Wildman–Crippen LogP) is 3.78. The summed E-state index contributed by atoms with van der Waals surface area (Å²) in [6.07, 6.45) is 9.59. The molecule has 250 valence electrons. The van der Waals surface area contributed by atoms with Gasteiger partial charge in [0.25, 0.3) is 0 Å². The van der Waals surface area contributed by atoms with Crippen LogP contribution in [0.25, 0.3) is 0 Å². The highest BCUT2D eigenvalue weighted by molar-refractivity contribution is 5.95. The van der Waals surface area contributed by atoms with E-state index in [1.165, 1.54) is 5.57 Å². The second kappa shape index (κ2) is 13.2. The van der Waals surface area contributed by atoms with Crippen LogP contribution in [-0.4, -0.2) is 83.6 Å². The molecule has 1 aromatic carbocycles. The van der Waals surface area contributed by atoms with E-state index in [4.69, 9.17) is 0 Å². The second-order valence-corrected chi connectivity index (χ2v) is 14.6. The van der Waals surface area contributed by atoms with E-state index < -0.39 is 17.1 Å². The van der Waals surface area contributed by atoms with Crippen LogP contribution in [0.15, 0.2) is 59.8 Å². The van der Waals surface area contributed by atoms with Crippen molar-refractivity contribution in [1.29, 1.82) is 0 Å². The lowest BCUT2D eigenvalue weighted by Gasteiger charge is -2.37. The first-order valence-electron chi connectivity index (χ1n) is 16.9. The SMILES string of the molecule is CNCC1=C(CN(CC(=O)Nc2ccc3c(c2)C[C@]2(C3)c3cccnc3NC2O)C(=O)C2CCN(C(=O)C(C)(C)C)CC2)C=CCC1. The van der Waals surface area contributed by atoms with Crippen molar-refractivity contribution in [2.75, 3.05) is 50.4 Å². The van der Waals surface area contributed by atoms with Crippen LogP contribution in [0, 0.1) is 11.3 Å². The van der Waals surface area contributed by atoms with Crippen molar-refractivity contribution in [3.05, 3.63) is 76.5 Å². The van der Waals surface area contributed by atoms with Gasteiger partial charge in [-0.1, -0.05) is 50.6 Å². The van der Waals surface area contributed by atoms with Crippen molar-refractivity contribution in [2.45, 2.75) is 70.9 Å². The number of carbonyl (C=O) groups excluding carboxylic acids is 3. The van der Waals surface area contributed by atoms with Crippen molar-refractivity contribution in [3.63, 3.8) is 0 Å². The number of aromatic nitrogens is 1. The maximum absolute atomic E-state index is 14.1. The molecule has 10 heteroatoms. The molecule has 4 aliphatic rings. The Morgan fingerprint density at radius 3 is 2.64 bits per heavy atom. The molecule has 1 aromatic heterocycles. The summed E-state index contributed by atoms with van der Waals surface area (Å²) in [6.45, 7) is 7.90. The third kappa shape index (κ3) is 6.71. The van der Waals surface area contributed by atoms with Gasteiger partial charge in [0.15, 0.2) is 0 Å². The molecule has 47 heavy (non-hydrogen) atoms. The topological polar surface area (TPSA) is 127 Å². The van der Waals surface area contributed by atoms with Crippen molar-refractivity contribution in [3.8, 4) is 0 Å². The highest BCUT2D eigenvalue weighted by Gasteiger charge is 2.50. The Kier molecular flexibility index (Phi) is 9.27. The van der Waals surface area contributed by atoms with E-state index in [0.29, 0.717) is 51.0 Å². The van der Waals surface area contributed by atoms with E-state index in [0.717, 1.165) is 47.5 Å². The van der Waals surface area contributed by atoms with E-state index in [2.05, 4.69) is 33.1 Å². The third-order valence-corrected chi connectivity index (χ3v) is 10.2. The molecule has 6 rings (SSSR count). The number of hydrogen-bond acceptors (Lipinski definition) is 7. The molecule has 3 heterocycles. The monoisotopic (exact) mass is 640 g/mol. The number of hydrogen-bond donors (Lipinski definition) is 4. The number of likely N-dealkylation sites (N-methyl/N-ethyl adjacent to an activating group) is 1. The van der Waals surface area contributed by atoms with Crippen LogP contribution in [0.3, 0.4) is 0 Å². The van der Waals surface area contributed by atoms with Gasteiger partial charge in [-0.15, -0.1) is 0 Å². The number of pyridine rings is 1. The lowest BCUT2D eigenvalue weighted by atomic mass is 9.79. The van der Waals surface area contributed by atoms with Gasteiger partial charge in [0.1, 0.15) is 18.6 Å². The van der Waals surface area contributed by atoms with Crippen LogP contribution in [0.5, 0.6) is 0 Å². The number of aliphatic hydroxyl groups is 1. The van der Waals surface area contributed by atoms with E-state index in [-0.39, 0.29) is 30.2 Å². The average Bonchev–Trinajstić information content (AvgIpc) is 3.57. The summed E-state index contributed by atoms with van der Waals surface area (Å²) in [4.78, 5) is 48.5. The molecule has 0 saturated carbocycles. The number of nitrogens with zero attached hydrogens (tertiary/aromatic N) is 3. The molecule has 0 radical (unpaired) electrons. The molecule has 1 saturated heterocycles. The molecule has 2 aliphatic heterocycles. The molecular formula is C37H48N6O4. The fourth-order valence-corrected chi connectivity index (χ4v) is 7.70. The number of rotatable bonds is 8. The van der Waals surface area contributed by atoms with Gasteiger partial charge in [-0.2, -0.15) is 0 Å². The maximum Gasteiger partial charge on any atom is 0.244 e. The Balaban J connectivity index is 1.16. The van der Waals surface area contributed by atoms with Gasteiger partial charge in [0.05, 0.1) is 5.41 Å². The Labute approximate surface area is 277 Å². The molecule has 2 aromatic rings. The number of nitrogens with one attached hydrogen (secondary N) is 3. The Bertz CT molecular complexity index is 1600. The summed E-state index contributed by atoms with van der Waals surface area (Å²) < 4.78 is 0. The summed E-state index contributed by atoms with van der Waals surface area (Å²) in [5, 5.41) is 20.5. The molecule has 2 aliphatic carbocycles. The Morgan fingerprint density at radius 2 is 1.89 bits per heavy atom. The Hall–Kier alpha value is -4.02. The van der Waals surface area contributed by atoms with Gasteiger partial charge in [-0.05, 0) is 80.5 Å². The number of carbonyl (C=O) groups is 3. The highest BCUT2D eigenvalue weighted by Crippen LogP contribution is 2.48. The summed E-state index contributed by atoms with van der Waals surface area (Å²) in [7, 11) is 1.92. The average molecular weight is 641 g/mol. The molecule has 2 atom stereocenters. The largest absolute Gasteiger partial charge is 0.373 e. The predicted molar refractivity (Wildman–Crippen MR) is 183 cm³/mol. The molecule has 0 bridgehead atoms. The highest BCUT2D eigenvalue weighted by atomic mass is 16.3. The number of benzene rings is 1. The number of anilines is 2. The standard InChI is InChI=1S/C37H48N6O4/c1-36(2,3)35(47)42-16-13-24(14-17-42)33(45)43(22-27-9-6-5-8-26(27)21-38-4)23-31(44)40-29-12-11-25-19-37(20-28(25)18-29)30-10-7-15-39-32(30)41-34(37)46/h6-7,9-12,15,18,24,34,38,46H,5,8,13-14,16-17,19-23H2,1-4H3,(H,39,41)(H,40,44)/t34?,37-/m1/s1. The summed E-state index contributed by atoms with van der Waals surface area (Å²) >= 11 is 0. The van der Waals surface area contributed by atoms with Gasteiger partial charge in [0, 0.05) is 55.0 Å². The van der Waals surface area contributed by atoms with Crippen LogP contribution in [0.4, 0.5) is 11.5 Å². The Morgan fingerprint density at radius 1 is 1.13 bits per heavy atom. The van der Waals surface area contributed by atoms with E-state index in [1.807, 2.05) is 63.1 Å². The zero-order chi connectivity index (χ0) is 33.3. The van der Waals surface area contributed by atoms with E-state index in [1.54, 1.807) is 11.1 Å². The number of amides is 3. The number of allylic oxidation sites excluding steroid dienone is 1. The lowest BCUT2D eigenvalue weighted by molar-refractivity contribution is -0.145. The number of aliphatic hydroxyl groups excluding tert-OH is 1. The van der Waals surface area contributed by atoms with Crippen LogP contribution < -0.4 is 16.0 Å². The second-order valence-electron chi connectivity index (χ2n) is 14.6. The molecular weight excluding hydrogens is 592 g/mol. The molecule has 4 N–H and O–H groups in total. The quantitative estimate of drug-likeness (QED) is 0.346. The number of fused-ring (bicyclic) bond motifs is 3. The van der Waals surface area contributed by atoms with Crippen molar-refractivity contribution >= 4 is 29.2 Å². The minimum Gasteiger partial charge on any atom is -0.373 e. The minimum absolute atomic E-state index is 0.0378. The molecule has 10 nitrogen and oxygen atoms in total. The fourth-order valence-electron chi connectivity index (χ4n) is 7.70. The number of piperidine rings is 1. The van der Waals surface area contributed by atoms with Gasteiger partial charge in [-0.3, -0.25) is 14.4 Å². The zero-order valence-corrected chi connectivity index (χ0v) is 28.1. The number of likely N-dealkylation sites (tertiary alicyclic amines) is 1. The van der Waals surface area contributed by atoms with Crippen LogP contribution >= 0.6 is 0 Å². The zero-order valence-electron chi connectivity index (χ0n) is 28.1. The minimum atomic E-state index is -0.744. The molecule has 1 fully saturated rings. The lowest BCUT2D eigenvalue weighted by Crippen LogP contribution is -2.48. The maximum atomic E-state index is 14.1. The van der Waals surface area contributed by atoms with Gasteiger partial charge >= 0.3 is 0 Å². The van der Waals surface area contributed by atoms with E-state index in [9.17, 15) is 19.5 Å². The molecule has 1 spiro atoms. The third-order valence-electron chi connectivity index (χ3n) is 10.2. The normalized spacial score (nSPS) is 22.2. The fraction of sp³-hybridized carbons (Fsp3) is 0.514. The first kappa shape index (κ1) is 32.9. The van der Waals surface area contributed by atoms with Crippen LogP contribution in [-0.2, 0) is 32.6 Å².